The largest absolute Gasteiger partial charge is 0.363 e. The number of hydrogen-bond donors (Lipinski definition) is 2. The molecule has 1 atom stereocenters. The van der Waals surface area contributed by atoms with E-state index in [0.717, 1.165) is 13.0 Å². The quantitative estimate of drug-likeness (QED) is 0.827. The van der Waals surface area contributed by atoms with Crippen LogP contribution in [-0.2, 0) is 0 Å². The lowest BCUT2D eigenvalue weighted by molar-refractivity contribution is 0.0989. The fourth-order valence-corrected chi connectivity index (χ4v) is 3.19. The minimum atomic E-state index is -0.555. The maximum Gasteiger partial charge on any atom is 0.288 e. The van der Waals surface area contributed by atoms with Gasteiger partial charge >= 0.3 is 0 Å². The number of nitrogens with zero attached hydrogens (tertiary/aromatic N) is 3. The summed E-state index contributed by atoms with van der Waals surface area (Å²) in [7, 11) is 0. The lowest BCUT2D eigenvalue weighted by Crippen LogP contribution is -2.30. The van der Waals surface area contributed by atoms with Crippen LogP contribution < -0.4 is 11.1 Å². The number of anilines is 1. The molecule has 0 aromatic carbocycles. The third kappa shape index (κ3) is 1.95. The molecule has 1 fully saturated rings. The van der Waals surface area contributed by atoms with Crippen LogP contribution in [0.5, 0.6) is 0 Å². The normalized spacial score (nSPS) is 24.3. The molecule has 3 rings (SSSR count). The molecule has 1 aliphatic heterocycles. The number of amides is 1. The maximum atomic E-state index is 11.2. The van der Waals surface area contributed by atoms with Crippen LogP contribution >= 0.6 is 0 Å². The van der Waals surface area contributed by atoms with E-state index < -0.39 is 5.91 Å². The molecule has 1 saturated carbocycles. The van der Waals surface area contributed by atoms with Gasteiger partial charge in [-0.05, 0) is 25.2 Å². The second-order valence-corrected chi connectivity index (χ2v) is 5.25. The number of nitrogens with one attached hydrogen (secondary N) is 1. The second kappa shape index (κ2) is 4.59. The Morgan fingerprint density at radius 2 is 2.06 bits per heavy atom. The SMILES string of the molecule is NC(=O)c1nc2n(n1)C(C1CCCCC1)CCN2. The minimum Gasteiger partial charge on any atom is -0.363 e. The van der Waals surface area contributed by atoms with Crippen LogP contribution in [0.3, 0.4) is 0 Å². The zero-order valence-corrected chi connectivity index (χ0v) is 10.4. The van der Waals surface area contributed by atoms with Gasteiger partial charge in [0.25, 0.3) is 5.91 Å². The van der Waals surface area contributed by atoms with E-state index in [2.05, 4.69) is 15.4 Å². The molecular formula is C12H19N5O. The highest BCUT2D eigenvalue weighted by molar-refractivity contribution is 5.89. The molecule has 6 heteroatoms. The predicted molar refractivity (Wildman–Crippen MR) is 67.3 cm³/mol. The van der Waals surface area contributed by atoms with Crippen molar-refractivity contribution in [1.29, 1.82) is 0 Å². The Labute approximate surface area is 106 Å². The third-order valence-corrected chi connectivity index (χ3v) is 4.08. The van der Waals surface area contributed by atoms with E-state index in [1.165, 1.54) is 32.1 Å². The Morgan fingerprint density at radius 3 is 2.78 bits per heavy atom. The molecule has 0 bridgehead atoms. The molecule has 3 N–H and O–H groups in total. The number of rotatable bonds is 2. The minimum absolute atomic E-state index is 0.125. The van der Waals surface area contributed by atoms with Gasteiger partial charge in [0.05, 0.1) is 6.04 Å². The predicted octanol–water partition coefficient (Wildman–Crippen LogP) is 1.31. The molecule has 1 unspecified atom stereocenters. The fraction of sp³-hybridized carbons (Fsp3) is 0.750. The van der Waals surface area contributed by atoms with Crippen molar-refractivity contribution in [2.45, 2.75) is 44.6 Å². The average molecular weight is 249 g/mol. The first-order chi connectivity index (χ1) is 8.75. The van der Waals surface area contributed by atoms with E-state index >= 15 is 0 Å². The van der Waals surface area contributed by atoms with E-state index in [-0.39, 0.29) is 5.82 Å². The van der Waals surface area contributed by atoms with Crippen LogP contribution in [0.1, 0.15) is 55.2 Å². The number of aromatic nitrogens is 3. The van der Waals surface area contributed by atoms with Crippen LogP contribution in [-0.4, -0.2) is 27.2 Å². The summed E-state index contributed by atoms with van der Waals surface area (Å²) in [6.45, 7) is 0.901. The number of carbonyl (C=O) groups excluding carboxylic acids is 1. The van der Waals surface area contributed by atoms with E-state index in [4.69, 9.17) is 5.73 Å². The van der Waals surface area contributed by atoms with Crippen LogP contribution in [0.2, 0.25) is 0 Å². The molecule has 1 aliphatic carbocycles. The zero-order valence-electron chi connectivity index (χ0n) is 10.4. The second-order valence-electron chi connectivity index (χ2n) is 5.25. The number of hydrogen-bond acceptors (Lipinski definition) is 4. The standard InChI is InChI=1S/C12H19N5O/c13-10(18)11-15-12-14-7-6-9(17(12)16-11)8-4-2-1-3-5-8/h8-9H,1-7H2,(H2,13,18)(H,14,15,16). The highest BCUT2D eigenvalue weighted by Crippen LogP contribution is 2.37. The summed E-state index contributed by atoms with van der Waals surface area (Å²) in [5.41, 5.74) is 5.24. The van der Waals surface area contributed by atoms with Gasteiger partial charge < -0.3 is 11.1 Å². The Balaban J connectivity index is 1.88. The molecule has 0 saturated heterocycles. The molecule has 98 valence electrons. The summed E-state index contributed by atoms with van der Waals surface area (Å²) < 4.78 is 1.89. The van der Waals surface area contributed by atoms with Crippen LogP contribution in [0.25, 0.3) is 0 Å². The first kappa shape index (κ1) is 11.5. The lowest BCUT2D eigenvalue weighted by atomic mass is 9.82. The Hall–Kier alpha value is -1.59. The van der Waals surface area contributed by atoms with Gasteiger partial charge in [-0.1, -0.05) is 19.3 Å². The van der Waals surface area contributed by atoms with Crippen molar-refractivity contribution in [3.05, 3.63) is 5.82 Å². The maximum absolute atomic E-state index is 11.2. The van der Waals surface area contributed by atoms with Crippen molar-refractivity contribution >= 4 is 11.9 Å². The van der Waals surface area contributed by atoms with Crippen molar-refractivity contribution in [3.8, 4) is 0 Å². The van der Waals surface area contributed by atoms with Gasteiger partial charge in [0.15, 0.2) is 0 Å². The molecule has 1 aromatic rings. The summed E-state index contributed by atoms with van der Waals surface area (Å²) in [5.74, 6) is 0.939. The highest BCUT2D eigenvalue weighted by Gasteiger charge is 2.31. The summed E-state index contributed by atoms with van der Waals surface area (Å²) >= 11 is 0. The van der Waals surface area contributed by atoms with Gasteiger partial charge in [-0.15, -0.1) is 5.10 Å². The number of fused-ring (bicyclic) bond motifs is 1. The summed E-state index contributed by atoms with van der Waals surface area (Å²) in [4.78, 5) is 15.3. The molecule has 6 nitrogen and oxygen atoms in total. The van der Waals surface area contributed by atoms with Gasteiger partial charge in [0.1, 0.15) is 0 Å². The molecular weight excluding hydrogens is 230 g/mol. The van der Waals surface area contributed by atoms with E-state index in [1.807, 2.05) is 4.68 Å². The average Bonchev–Trinajstić information content (AvgIpc) is 2.83. The number of carbonyl (C=O) groups is 1. The van der Waals surface area contributed by atoms with E-state index in [1.54, 1.807) is 0 Å². The van der Waals surface area contributed by atoms with Crippen LogP contribution in [0.4, 0.5) is 5.95 Å². The zero-order chi connectivity index (χ0) is 12.5. The monoisotopic (exact) mass is 249 g/mol. The lowest BCUT2D eigenvalue weighted by Gasteiger charge is -2.33. The molecule has 1 aromatic heterocycles. The molecule has 0 radical (unpaired) electrons. The molecule has 18 heavy (non-hydrogen) atoms. The molecule has 1 amide bonds. The highest BCUT2D eigenvalue weighted by atomic mass is 16.1. The molecule has 2 heterocycles. The topological polar surface area (TPSA) is 85.8 Å². The summed E-state index contributed by atoms with van der Waals surface area (Å²) in [5, 5.41) is 7.46. The first-order valence-corrected chi connectivity index (χ1v) is 6.76. The molecule has 2 aliphatic rings. The first-order valence-electron chi connectivity index (χ1n) is 6.76. The van der Waals surface area contributed by atoms with Crippen LogP contribution in [0, 0.1) is 5.92 Å². The van der Waals surface area contributed by atoms with Gasteiger partial charge in [0.2, 0.25) is 11.8 Å². The summed E-state index contributed by atoms with van der Waals surface area (Å²) in [6, 6.07) is 0.377. The Bertz CT molecular complexity index is 449. The van der Waals surface area contributed by atoms with Crippen LogP contribution in [0.15, 0.2) is 0 Å². The van der Waals surface area contributed by atoms with E-state index in [0.29, 0.717) is 17.9 Å². The smallest absolute Gasteiger partial charge is 0.288 e. The summed E-state index contributed by atoms with van der Waals surface area (Å²) in [6.07, 6.45) is 7.53. The fourth-order valence-electron chi connectivity index (χ4n) is 3.19. The van der Waals surface area contributed by atoms with Gasteiger partial charge in [0, 0.05) is 6.54 Å². The Kier molecular flexibility index (Phi) is 2.93. The van der Waals surface area contributed by atoms with Gasteiger partial charge in [-0.2, -0.15) is 4.98 Å². The van der Waals surface area contributed by atoms with Crippen molar-refractivity contribution in [3.63, 3.8) is 0 Å². The van der Waals surface area contributed by atoms with Gasteiger partial charge in [-0.25, -0.2) is 4.68 Å². The van der Waals surface area contributed by atoms with Crippen molar-refractivity contribution < 1.29 is 4.79 Å². The van der Waals surface area contributed by atoms with Crippen molar-refractivity contribution in [2.75, 3.05) is 11.9 Å². The van der Waals surface area contributed by atoms with Gasteiger partial charge in [-0.3, -0.25) is 4.79 Å². The number of nitrogens with two attached hydrogens (primary N) is 1. The third-order valence-electron chi connectivity index (χ3n) is 4.08. The Morgan fingerprint density at radius 1 is 1.28 bits per heavy atom. The molecule has 0 spiro atoms. The van der Waals surface area contributed by atoms with Crippen molar-refractivity contribution in [2.24, 2.45) is 11.7 Å². The van der Waals surface area contributed by atoms with Crippen molar-refractivity contribution in [1.82, 2.24) is 14.8 Å². The number of primary amides is 1. The van der Waals surface area contributed by atoms with E-state index in [9.17, 15) is 4.79 Å².